The maximum atomic E-state index is 9.88. The van der Waals surface area contributed by atoms with Crippen molar-refractivity contribution in [3.63, 3.8) is 0 Å². The van der Waals surface area contributed by atoms with Gasteiger partial charge in [0.05, 0.1) is 7.11 Å². The molecular formula is C19H18N4O3S. The lowest BCUT2D eigenvalue weighted by molar-refractivity contribution is 0.224. The van der Waals surface area contributed by atoms with Gasteiger partial charge in [0.2, 0.25) is 11.0 Å². The van der Waals surface area contributed by atoms with E-state index >= 15 is 0 Å². The number of rotatable bonds is 4. The third kappa shape index (κ3) is 3.35. The number of hydrogen-bond donors (Lipinski definition) is 2. The molecular weight excluding hydrogens is 364 g/mol. The molecule has 0 saturated carbocycles. The molecule has 1 aliphatic heterocycles. The van der Waals surface area contributed by atoms with Crippen LogP contribution in [0.2, 0.25) is 0 Å². The van der Waals surface area contributed by atoms with Crippen LogP contribution in [0.15, 0.2) is 47.6 Å². The van der Waals surface area contributed by atoms with Crippen LogP contribution in [0.1, 0.15) is 18.7 Å². The molecule has 2 N–H and O–H groups in total. The van der Waals surface area contributed by atoms with Gasteiger partial charge in [-0.1, -0.05) is 36.9 Å². The van der Waals surface area contributed by atoms with E-state index in [1.54, 1.807) is 18.2 Å². The first kappa shape index (κ1) is 17.4. The van der Waals surface area contributed by atoms with Gasteiger partial charge in [-0.3, -0.25) is 0 Å². The number of phenols is 1. The van der Waals surface area contributed by atoms with Crippen LogP contribution in [0.4, 0.5) is 5.69 Å². The lowest BCUT2D eigenvalue weighted by atomic mass is 10.1. The number of benzene rings is 2. The molecule has 0 aliphatic carbocycles. The van der Waals surface area contributed by atoms with Gasteiger partial charge in [0.15, 0.2) is 23.4 Å². The summed E-state index contributed by atoms with van der Waals surface area (Å²) in [4.78, 5) is 4.54. The van der Waals surface area contributed by atoms with Crippen molar-refractivity contribution >= 4 is 17.4 Å². The molecule has 1 aliphatic rings. The number of anilines is 1. The number of nitrogens with one attached hydrogen (secondary N) is 1. The van der Waals surface area contributed by atoms with Crippen molar-refractivity contribution in [2.45, 2.75) is 18.3 Å². The summed E-state index contributed by atoms with van der Waals surface area (Å²) in [6, 6.07) is 12.9. The number of methoxy groups -OCH3 is 1. The molecule has 0 saturated heterocycles. The summed E-state index contributed by atoms with van der Waals surface area (Å²) in [5, 5.41) is 22.4. The van der Waals surface area contributed by atoms with Crippen molar-refractivity contribution < 1.29 is 14.6 Å². The first-order chi connectivity index (χ1) is 13.2. The Balaban J connectivity index is 1.82. The highest BCUT2D eigenvalue weighted by molar-refractivity contribution is 7.99. The van der Waals surface area contributed by atoms with Crippen LogP contribution in [0.25, 0.3) is 11.3 Å². The second kappa shape index (κ2) is 7.32. The zero-order valence-electron chi connectivity index (χ0n) is 14.8. The molecule has 2 aromatic carbocycles. The Morgan fingerprint density at radius 1 is 1.22 bits per heavy atom. The Hall–Kier alpha value is -3.00. The number of aromatic hydroxyl groups is 1. The van der Waals surface area contributed by atoms with Crippen molar-refractivity contribution in [2.75, 3.05) is 18.2 Å². The molecule has 0 fully saturated rings. The fourth-order valence-electron chi connectivity index (χ4n) is 2.85. The van der Waals surface area contributed by atoms with E-state index in [0.29, 0.717) is 22.5 Å². The molecule has 0 spiro atoms. The summed E-state index contributed by atoms with van der Waals surface area (Å²) in [5.74, 6) is 1.70. The summed E-state index contributed by atoms with van der Waals surface area (Å²) in [7, 11) is 1.51. The van der Waals surface area contributed by atoms with Crippen molar-refractivity contribution in [1.29, 1.82) is 0 Å². The quantitative estimate of drug-likeness (QED) is 0.658. The average molecular weight is 382 g/mol. The molecule has 2 heterocycles. The van der Waals surface area contributed by atoms with Crippen molar-refractivity contribution in [2.24, 2.45) is 0 Å². The smallest absolute Gasteiger partial charge is 0.247 e. The maximum Gasteiger partial charge on any atom is 0.247 e. The number of para-hydroxylation sites is 1. The number of phenolic OH excluding ortho intramolecular Hbond substituents is 1. The van der Waals surface area contributed by atoms with E-state index in [9.17, 15) is 5.11 Å². The highest BCUT2D eigenvalue weighted by Crippen LogP contribution is 2.40. The van der Waals surface area contributed by atoms with E-state index in [0.717, 1.165) is 22.6 Å². The minimum absolute atomic E-state index is 0.0706. The zero-order chi connectivity index (χ0) is 18.8. The molecule has 0 bridgehead atoms. The topological polar surface area (TPSA) is 89.4 Å². The van der Waals surface area contributed by atoms with E-state index in [4.69, 9.17) is 9.47 Å². The van der Waals surface area contributed by atoms with Crippen molar-refractivity contribution in [3.05, 3.63) is 48.0 Å². The SMILES string of the molecule is CCSc1nnc2c(n1)OC(c1ccc(O)c(OC)c1)Nc1ccccc1-2. The Kier molecular flexibility index (Phi) is 4.72. The van der Waals surface area contributed by atoms with Gasteiger partial charge < -0.3 is 19.9 Å². The summed E-state index contributed by atoms with van der Waals surface area (Å²) in [6.07, 6.45) is -0.530. The standard InChI is InChI=1S/C19H18N4O3S/c1-3-27-19-21-18-16(22-23-19)12-6-4-5-7-13(12)20-17(26-18)11-8-9-14(24)15(10-11)25-2/h4-10,17,20,24H,3H2,1-2H3. The van der Waals surface area contributed by atoms with Gasteiger partial charge in [-0.05, 0) is 30.0 Å². The molecule has 1 aromatic heterocycles. The summed E-state index contributed by atoms with van der Waals surface area (Å²) in [5.41, 5.74) is 3.11. The number of thioether (sulfide) groups is 1. The van der Waals surface area contributed by atoms with E-state index in [1.165, 1.54) is 18.9 Å². The van der Waals surface area contributed by atoms with Gasteiger partial charge >= 0.3 is 0 Å². The van der Waals surface area contributed by atoms with Crippen molar-refractivity contribution in [1.82, 2.24) is 15.2 Å². The molecule has 8 heteroatoms. The number of aromatic nitrogens is 3. The third-order valence-corrected chi connectivity index (χ3v) is 4.83. The molecule has 1 atom stereocenters. The van der Waals surface area contributed by atoms with Gasteiger partial charge in [-0.2, -0.15) is 4.98 Å². The van der Waals surface area contributed by atoms with Crippen molar-refractivity contribution in [3.8, 4) is 28.6 Å². The second-order valence-electron chi connectivity index (χ2n) is 5.80. The predicted molar refractivity (Wildman–Crippen MR) is 103 cm³/mol. The first-order valence-electron chi connectivity index (χ1n) is 8.46. The Morgan fingerprint density at radius 2 is 2.07 bits per heavy atom. The first-order valence-corrected chi connectivity index (χ1v) is 9.45. The molecule has 0 radical (unpaired) electrons. The molecule has 1 unspecified atom stereocenters. The van der Waals surface area contributed by atoms with E-state index in [-0.39, 0.29) is 5.75 Å². The minimum Gasteiger partial charge on any atom is -0.504 e. The van der Waals surface area contributed by atoms with E-state index in [1.807, 2.05) is 31.2 Å². The Bertz CT molecular complexity index is 983. The largest absolute Gasteiger partial charge is 0.504 e. The summed E-state index contributed by atoms with van der Waals surface area (Å²) < 4.78 is 11.4. The van der Waals surface area contributed by atoms with Gasteiger partial charge in [0.25, 0.3) is 0 Å². The molecule has 138 valence electrons. The minimum atomic E-state index is -0.530. The van der Waals surface area contributed by atoms with Gasteiger partial charge in [-0.15, -0.1) is 10.2 Å². The number of nitrogens with zero attached hydrogens (tertiary/aromatic N) is 3. The Morgan fingerprint density at radius 3 is 2.89 bits per heavy atom. The highest BCUT2D eigenvalue weighted by atomic mass is 32.2. The summed E-state index contributed by atoms with van der Waals surface area (Å²) in [6.45, 7) is 2.03. The zero-order valence-corrected chi connectivity index (χ0v) is 15.7. The van der Waals surface area contributed by atoms with Crippen LogP contribution in [0.3, 0.4) is 0 Å². The average Bonchev–Trinajstić information content (AvgIpc) is 2.85. The number of hydrogen-bond acceptors (Lipinski definition) is 8. The maximum absolute atomic E-state index is 9.88. The van der Waals surface area contributed by atoms with Gasteiger partial charge in [0.1, 0.15) is 0 Å². The monoisotopic (exact) mass is 382 g/mol. The van der Waals surface area contributed by atoms with Crippen LogP contribution >= 0.6 is 11.8 Å². The molecule has 7 nitrogen and oxygen atoms in total. The van der Waals surface area contributed by atoms with E-state index < -0.39 is 6.23 Å². The van der Waals surface area contributed by atoms with Crippen LogP contribution in [-0.4, -0.2) is 33.2 Å². The normalized spacial score (nSPS) is 15.0. The van der Waals surface area contributed by atoms with Crippen LogP contribution < -0.4 is 14.8 Å². The molecule has 4 rings (SSSR count). The summed E-state index contributed by atoms with van der Waals surface area (Å²) >= 11 is 1.50. The Labute approximate surface area is 160 Å². The highest BCUT2D eigenvalue weighted by Gasteiger charge is 2.26. The van der Waals surface area contributed by atoms with Gasteiger partial charge in [-0.25, -0.2) is 0 Å². The van der Waals surface area contributed by atoms with Crippen LogP contribution in [0, 0.1) is 0 Å². The lowest BCUT2D eigenvalue weighted by Gasteiger charge is -2.20. The fraction of sp³-hybridized carbons (Fsp3) is 0.211. The fourth-order valence-corrected chi connectivity index (χ4v) is 3.35. The van der Waals surface area contributed by atoms with Gasteiger partial charge in [0, 0.05) is 16.8 Å². The second-order valence-corrected chi connectivity index (χ2v) is 7.03. The lowest BCUT2D eigenvalue weighted by Crippen LogP contribution is -2.17. The molecule has 27 heavy (non-hydrogen) atoms. The molecule has 3 aromatic rings. The number of ether oxygens (including phenoxy) is 2. The van der Waals surface area contributed by atoms with Crippen LogP contribution in [0.5, 0.6) is 17.4 Å². The third-order valence-electron chi connectivity index (χ3n) is 4.11. The molecule has 0 amide bonds. The van der Waals surface area contributed by atoms with E-state index in [2.05, 4.69) is 20.5 Å². The van der Waals surface area contributed by atoms with Crippen LogP contribution in [-0.2, 0) is 0 Å². The number of fused-ring (bicyclic) bond motifs is 3. The predicted octanol–water partition coefficient (Wildman–Crippen LogP) is 3.87.